The number of amides is 2. The van der Waals surface area contributed by atoms with E-state index in [2.05, 4.69) is 10.6 Å². The van der Waals surface area contributed by atoms with Crippen molar-refractivity contribution in [2.75, 3.05) is 13.2 Å². The van der Waals surface area contributed by atoms with Crippen LogP contribution in [-0.4, -0.2) is 30.9 Å². The number of ether oxygens (including phenoxy) is 1. The van der Waals surface area contributed by atoms with Crippen LogP contribution in [0.4, 0.5) is 0 Å². The second-order valence-electron chi connectivity index (χ2n) is 6.18. The lowest BCUT2D eigenvalue weighted by Crippen LogP contribution is -2.34. The molecule has 0 saturated heterocycles. The molecule has 0 aliphatic heterocycles. The number of rotatable bonds is 7. The summed E-state index contributed by atoms with van der Waals surface area (Å²) in [6.07, 6.45) is 1.36. The van der Waals surface area contributed by atoms with E-state index in [1.165, 1.54) is 12.3 Å². The Bertz CT molecular complexity index is 976. The third kappa shape index (κ3) is 4.76. The van der Waals surface area contributed by atoms with Crippen LogP contribution in [0.2, 0.25) is 0 Å². The number of fused-ring (bicyclic) bond motifs is 1. The lowest BCUT2D eigenvalue weighted by molar-refractivity contribution is -0.147. The highest BCUT2D eigenvalue weighted by Gasteiger charge is 2.15. The lowest BCUT2D eigenvalue weighted by atomic mass is 10.00. The molecular weight excluding hydrogens is 360 g/mol. The molecule has 1 heterocycles. The Labute approximate surface area is 161 Å². The van der Waals surface area contributed by atoms with Gasteiger partial charge < -0.3 is 19.8 Å². The van der Waals surface area contributed by atoms with E-state index in [1.807, 2.05) is 49.4 Å². The van der Waals surface area contributed by atoms with Crippen molar-refractivity contribution in [2.24, 2.45) is 0 Å². The third-order valence-electron chi connectivity index (χ3n) is 4.17. The maximum Gasteiger partial charge on any atom is 0.325 e. The first-order valence-electron chi connectivity index (χ1n) is 8.79. The fourth-order valence-electron chi connectivity index (χ4n) is 2.83. The molecule has 144 valence electrons. The summed E-state index contributed by atoms with van der Waals surface area (Å²) in [5.41, 5.74) is 0.975. The van der Waals surface area contributed by atoms with Crippen LogP contribution in [0.1, 0.15) is 29.1 Å². The molecule has 7 heteroatoms. The van der Waals surface area contributed by atoms with Crippen molar-refractivity contribution in [1.29, 1.82) is 0 Å². The number of benzene rings is 2. The molecule has 0 spiro atoms. The summed E-state index contributed by atoms with van der Waals surface area (Å²) < 4.78 is 9.81. The molecule has 2 aromatic carbocycles. The van der Waals surface area contributed by atoms with Crippen LogP contribution >= 0.6 is 0 Å². The highest BCUT2D eigenvalue weighted by Crippen LogP contribution is 2.23. The van der Waals surface area contributed by atoms with E-state index in [-0.39, 0.29) is 18.3 Å². The van der Waals surface area contributed by atoms with E-state index in [0.29, 0.717) is 0 Å². The van der Waals surface area contributed by atoms with Crippen molar-refractivity contribution in [1.82, 2.24) is 10.6 Å². The molecule has 1 aromatic heterocycles. The standard InChI is InChI=1S/C21H20N2O5/c1-14(16-9-4-7-15-6-2-3-8-17(15)16)23-19(24)13-28-20(25)12-22-21(26)18-10-5-11-27-18/h2-11,14H,12-13H2,1H3,(H,22,26)(H,23,24)/t14-/m1/s1. The van der Waals surface area contributed by atoms with Crippen molar-refractivity contribution in [3.05, 3.63) is 72.2 Å². The van der Waals surface area contributed by atoms with Gasteiger partial charge in [-0.1, -0.05) is 42.5 Å². The quantitative estimate of drug-likeness (QED) is 0.614. The van der Waals surface area contributed by atoms with Gasteiger partial charge in [0.05, 0.1) is 12.3 Å². The summed E-state index contributed by atoms with van der Waals surface area (Å²) in [6.45, 7) is 1.08. The topological polar surface area (TPSA) is 97.6 Å². The number of hydrogen-bond donors (Lipinski definition) is 2. The zero-order valence-electron chi connectivity index (χ0n) is 15.3. The van der Waals surface area contributed by atoms with E-state index >= 15 is 0 Å². The highest BCUT2D eigenvalue weighted by atomic mass is 16.5. The Hall–Kier alpha value is -3.61. The van der Waals surface area contributed by atoms with Gasteiger partial charge in [0.1, 0.15) is 6.54 Å². The first-order chi connectivity index (χ1) is 13.5. The molecule has 0 bridgehead atoms. The van der Waals surface area contributed by atoms with Gasteiger partial charge >= 0.3 is 5.97 Å². The molecule has 0 aliphatic rings. The number of carbonyl (C=O) groups excluding carboxylic acids is 3. The first kappa shape index (κ1) is 19.2. The second-order valence-corrected chi connectivity index (χ2v) is 6.18. The summed E-state index contributed by atoms with van der Waals surface area (Å²) in [7, 11) is 0. The van der Waals surface area contributed by atoms with E-state index in [1.54, 1.807) is 6.07 Å². The van der Waals surface area contributed by atoms with Crippen LogP contribution in [0.5, 0.6) is 0 Å². The minimum atomic E-state index is -0.715. The van der Waals surface area contributed by atoms with Gasteiger partial charge in [0.2, 0.25) is 0 Å². The van der Waals surface area contributed by atoms with Crippen LogP contribution in [0.3, 0.4) is 0 Å². The lowest BCUT2D eigenvalue weighted by Gasteiger charge is -2.16. The highest BCUT2D eigenvalue weighted by molar-refractivity contribution is 5.93. The Kier molecular flexibility index (Phi) is 6.06. The normalized spacial score (nSPS) is 11.6. The minimum Gasteiger partial charge on any atom is -0.459 e. The molecule has 0 radical (unpaired) electrons. The van der Waals surface area contributed by atoms with Gasteiger partial charge in [0.25, 0.3) is 11.8 Å². The van der Waals surface area contributed by atoms with Gasteiger partial charge in [-0.2, -0.15) is 0 Å². The summed E-state index contributed by atoms with van der Waals surface area (Å²) in [4.78, 5) is 35.5. The maximum atomic E-state index is 12.1. The largest absolute Gasteiger partial charge is 0.459 e. The van der Waals surface area contributed by atoms with Crippen LogP contribution in [-0.2, 0) is 14.3 Å². The molecule has 3 aromatic rings. The zero-order valence-corrected chi connectivity index (χ0v) is 15.3. The molecule has 3 rings (SSSR count). The van der Waals surface area contributed by atoms with Crippen LogP contribution in [0.25, 0.3) is 10.8 Å². The molecule has 2 amide bonds. The fraction of sp³-hybridized carbons (Fsp3) is 0.190. The van der Waals surface area contributed by atoms with E-state index in [0.717, 1.165) is 16.3 Å². The van der Waals surface area contributed by atoms with Crippen molar-refractivity contribution in [3.8, 4) is 0 Å². The van der Waals surface area contributed by atoms with Gasteiger partial charge in [-0.05, 0) is 35.4 Å². The molecule has 7 nitrogen and oxygen atoms in total. The average molecular weight is 380 g/mol. The van der Waals surface area contributed by atoms with Gasteiger partial charge in [-0.3, -0.25) is 14.4 Å². The smallest absolute Gasteiger partial charge is 0.325 e. The molecule has 28 heavy (non-hydrogen) atoms. The van der Waals surface area contributed by atoms with Gasteiger partial charge in [-0.15, -0.1) is 0 Å². The monoisotopic (exact) mass is 380 g/mol. The Morgan fingerprint density at radius 3 is 2.61 bits per heavy atom. The van der Waals surface area contributed by atoms with Crippen LogP contribution in [0, 0.1) is 0 Å². The van der Waals surface area contributed by atoms with Gasteiger partial charge in [0, 0.05) is 0 Å². The molecule has 0 unspecified atom stereocenters. The number of esters is 1. The van der Waals surface area contributed by atoms with Gasteiger partial charge in [0.15, 0.2) is 12.4 Å². The van der Waals surface area contributed by atoms with Crippen molar-refractivity contribution >= 4 is 28.6 Å². The predicted octanol–water partition coefficient (Wildman–Crippen LogP) is 2.58. The Morgan fingerprint density at radius 1 is 1.04 bits per heavy atom. The van der Waals surface area contributed by atoms with Crippen molar-refractivity contribution in [2.45, 2.75) is 13.0 Å². The molecule has 0 saturated carbocycles. The molecule has 0 aliphatic carbocycles. The Morgan fingerprint density at radius 2 is 1.82 bits per heavy atom. The Balaban J connectivity index is 1.47. The predicted molar refractivity (Wildman–Crippen MR) is 103 cm³/mol. The maximum absolute atomic E-state index is 12.1. The molecular formula is C21H20N2O5. The van der Waals surface area contributed by atoms with E-state index < -0.39 is 24.4 Å². The van der Waals surface area contributed by atoms with Crippen LogP contribution < -0.4 is 10.6 Å². The SMILES string of the molecule is C[C@@H](NC(=O)COC(=O)CNC(=O)c1ccco1)c1cccc2ccccc12. The van der Waals surface area contributed by atoms with E-state index in [4.69, 9.17) is 9.15 Å². The average Bonchev–Trinajstić information content (AvgIpc) is 3.25. The molecule has 1 atom stereocenters. The second kappa shape index (κ2) is 8.85. The van der Waals surface area contributed by atoms with Crippen LogP contribution in [0.15, 0.2) is 65.3 Å². The number of hydrogen-bond acceptors (Lipinski definition) is 5. The summed E-state index contributed by atoms with van der Waals surface area (Å²) in [5, 5.41) is 7.30. The minimum absolute atomic E-state index is 0.0921. The summed E-state index contributed by atoms with van der Waals surface area (Å²) >= 11 is 0. The summed E-state index contributed by atoms with van der Waals surface area (Å²) in [6, 6.07) is 16.6. The number of carbonyl (C=O) groups is 3. The zero-order chi connectivity index (χ0) is 19.9. The van der Waals surface area contributed by atoms with Crippen molar-refractivity contribution in [3.63, 3.8) is 0 Å². The molecule has 2 N–H and O–H groups in total. The number of nitrogens with one attached hydrogen (secondary N) is 2. The fourth-order valence-corrected chi connectivity index (χ4v) is 2.83. The van der Waals surface area contributed by atoms with Gasteiger partial charge in [-0.25, -0.2) is 0 Å². The molecule has 0 fully saturated rings. The first-order valence-corrected chi connectivity index (χ1v) is 8.79. The van der Waals surface area contributed by atoms with E-state index in [9.17, 15) is 14.4 Å². The van der Waals surface area contributed by atoms with Crippen molar-refractivity contribution < 1.29 is 23.5 Å². The third-order valence-corrected chi connectivity index (χ3v) is 4.17. The summed E-state index contributed by atoms with van der Waals surface area (Å²) in [5.74, 6) is -1.58. The number of furan rings is 1.